The van der Waals surface area contributed by atoms with E-state index in [0.29, 0.717) is 11.4 Å². The third-order valence-electron chi connectivity index (χ3n) is 2.61. The van der Waals surface area contributed by atoms with Gasteiger partial charge in [-0.3, -0.25) is 4.98 Å². The Balaban J connectivity index is 2.63. The van der Waals surface area contributed by atoms with Crippen LogP contribution in [0.4, 0.5) is 0 Å². The summed E-state index contributed by atoms with van der Waals surface area (Å²) in [6.45, 7) is 1.34. The molecule has 2 aromatic heterocycles. The summed E-state index contributed by atoms with van der Waals surface area (Å²) in [6.07, 6.45) is 2.78. The van der Waals surface area contributed by atoms with Crippen LogP contribution in [-0.4, -0.2) is 34.2 Å². The van der Waals surface area contributed by atoms with Crippen molar-refractivity contribution in [2.24, 2.45) is 0 Å². The number of sulfone groups is 1. The van der Waals surface area contributed by atoms with E-state index in [9.17, 15) is 8.42 Å². The lowest BCUT2D eigenvalue weighted by molar-refractivity contribution is 0.276. The molecule has 0 saturated heterocycles. The normalized spacial score (nSPS) is 11.5. The van der Waals surface area contributed by atoms with E-state index in [-0.39, 0.29) is 22.9 Å². The molecule has 0 aliphatic heterocycles. The van der Waals surface area contributed by atoms with Crippen molar-refractivity contribution in [3.05, 3.63) is 36.4 Å². The number of aliphatic hydroxyl groups excluding tert-OH is 1. The Labute approximate surface area is 111 Å². The fourth-order valence-corrected chi connectivity index (χ4v) is 2.65. The lowest BCUT2D eigenvalue weighted by atomic mass is 10.2. The first kappa shape index (κ1) is 13.6. The van der Waals surface area contributed by atoms with Crippen LogP contribution in [0.15, 0.2) is 35.6 Å². The standard InChI is InChI=1S/C12H13N3O3S/c1-2-19(17,18)11-4-3-5-13-12(11)10-6-9(7-16)14-8-15-10/h3-6,8,16H,2,7H2,1H3. The number of aromatic nitrogens is 3. The molecular formula is C12H13N3O3S. The quantitative estimate of drug-likeness (QED) is 0.890. The second-order valence-corrected chi connectivity index (χ2v) is 6.05. The Kier molecular flexibility index (Phi) is 3.87. The number of nitrogens with zero attached hydrogens (tertiary/aromatic N) is 3. The molecule has 19 heavy (non-hydrogen) atoms. The number of hydrogen-bond donors (Lipinski definition) is 1. The molecule has 0 aliphatic carbocycles. The van der Waals surface area contributed by atoms with Gasteiger partial charge in [0.2, 0.25) is 0 Å². The van der Waals surface area contributed by atoms with Gasteiger partial charge < -0.3 is 5.11 Å². The summed E-state index contributed by atoms with van der Waals surface area (Å²) in [7, 11) is -3.38. The molecule has 2 rings (SSSR count). The average Bonchev–Trinajstić information content (AvgIpc) is 2.47. The summed E-state index contributed by atoms with van der Waals surface area (Å²) in [5.41, 5.74) is 1.07. The first-order chi connectivity index (χ1) is 9.08. The van der Waals surface area contributed by atoms with Crippen molar-refractivity contribution in [1.29, 1.82) is 0 Å². The molecule has 0 spiro atoms. The van der Waals surface area contributed by atoms with Crippen LogP contribution in [0.25, 0.3) is 11.4 Å². The van der Waals surface area contributed by atoms with E-state index in [2.05, 4.69) is 15.0 Å². The van der Waals surface area contributed by atoms with Gasteiger partial charge in [-0.25, -0.2) is 18.4 Å². The molecule has 1 N–H and O–H groups in total. The molecule has 6 nitrogen and oxygen atoms in total. The molecular weight excluding hydrogens is 266 g/mol. The Hall–Kier alpha value is -1.86. The maximum Gasteiger partial charge on any atom is 0.180 e. The lowest BCUT2D eigenvalue weighted by Gasteiger charge is -2.07. The summed E-state index contributed by atoms with van der Waals surface area (Å²) >= 11 is 0. The average molecular weight is 279 g/mol. The highest BCUT2D eigenvalue weighted by Crippen LogP contribution is 2.24. The van der Waals surface area contributed by atoms with Crippen LogP contribution in [0.3, 0.4) is 0 Å². The highest BCUT2D eigenvalue weighted by atomic mass is 32.2. The predicted molar refractivity (Wildman–Crippen MR) is 68.9 cm³/mol. The second kappa shape index (κ2) is 5.41. The van der Waals surface area contributed by atoms with Crippen LogP contribution in [-0.2, 0) is 16.4 Å². The van der Waals surface area contributed by atoms with Gasteiger partial charge >= 0.3 is 0 Å². The molecule has 0 atom stereocenters. The van der Waals surface area contributed by atoms with E-state index in [1.807, 2.05) is 0 Å². The third-order valence-corrected chi connectivity index (χ3v) is 4.37. The molecule has 7 heteroatoms. The molecule has 0 unspecified atom stereocenters. The van der Waals surface area contributed by atoms with Crippen molar-refractivity contribution in [3.8, 4) is 11.4 Å². The largest absolute Gasteiger partial charge is 0.390 e. The highest BCUT2D eigenvalue weighted by molar-refractivity contribution is 7.91. The zero-order chi connectivity index (χ0) is 13.9. The minimum atomic E-state index is -3.38. The van der Waals surface area contributed by atoms with Crippen molar-refractivity contribution in [1.82, 2.24) is 15.0 Å². The summed E-state index contributed by atoms with van der Waals surface area (Å²) in [4.78, 5) is 12.1. The van der Waals surface area contributed by atoms with Crippen molar-refractivity contribution in [3.63, 3.8) is 0 Å². The maximum atomic E-state index is 12.0. The molecule has 0 aliphatic rings. The Morgan fingerprint density at radius 2 is 2.05 bits per heavy atom. The number of hydrogen-bond acceptors (Lipinski definition) is 6. The van der Waals surface area contributed by atoms with E-state index < -0.39 is 9.84 Å². The summed E-state index contributed by atoms with van der Waals surface area (Å²) in [5.74, 6) is -0.0103. The highest BCUT2D eigenvalue weighted by Gasteiger charge is 2.19. The SMILES string of the molecule is CCS(=O)(=O)c1cccnc1-c1cc(CO)ncn1. The van der Waals surface area contributed by atoms with E-state index >= 15 is 0 Å². The number of rotatable bonds is 4. The molecule has 0 radical (unpaired) electrons. The van der Waals surface area contributed by atoms with Crippen LogP contribution >= 0.6 is 0 Å². The molecule has 2 heterocycles. The van der Waals surface area contributed by atoms with Crippen LogP contribution in [0.5, 0.6) is 0 Å². The number of pyridine rings is 1. The lowest BCUT2D eigenvalue weighted by Crippen LogP contribution is -2.07. The van der Waals surface area contributed by atoms with Gasteiger partial charge in [0, 0.05) is 6.20 Å². The van der Waals surface area contributed by atoms with Crippen molar-refractivity contribution in [2.75, 3.05) is 5.75 Å². The van der Waals surface area contributed by atoms with Crippen LogP contribution in [0.1, 0.15) is 12.6 Å². The van der Waals surface area contributed by atoms with Gasteiger partial charge in [0.25, 0.3) is 0 Å². The molecule has 0 bridgehead atoms. The molecule has 0 amide bonds. The second-order valence-electron chi connectivity index (χ2n) is 3.81. The first-order valence-electron chi connectivity index (χ1n) is 5.68. The van der Waals surface area contributed by atoms with Crippen molar-refractivity contribution in [2.45, 2.75) is 18.4 Å². The minimum absolute atomic E-state index is 0.0103. The Morgan fingerprint density at radius 3 is 2.74 bits per heavy atom. The minimum Gasteiger partial charge on any atom is -0.390 e. The van der Waals surface area contributed by atoms with E-state index in [1.165, 1.54) is 24.7 Å². The summed E-state index contributed by atoms with van der Waals surface area (Å²) < 4.78 is 24.0. The monoisotopic (exact) mass is 279 g/mol. The van der Waals surface area contributed by atoms with Gasteiger partial charge in [-0.15, -0.1) is 0 Å². The number of aliphatic hydroxyl groups is 1. The fraction of sp³-hybridized carbons (Fsp3) is 0.250. The summed E-state index contributed by atoms with van der Waals surface area (Å²) in [6, 6.07) is 4.60. The third kappa shape index (κ3) is 2.77. The van der Waals surface area contributed by atoms with Gasteiger partial charge in [0.1, 0.15) is 12.0 Å². The predicted octanol–water partition coefficient (Wildman–Crippen LogP) is 0.825. The molecule has 0 saturated carbocycles. The van der Waals surface area contributed by atoms with Gasteiger partial charge in [0.15, 0.2) is 9.84 Å². The summed E-state index contributed by atoms with van der Waals surface area (Å²) in [5, 5.41) is 9.06. The smallest absolute Gasteiger partial charge is 0.180 e. The van der Waals surface area contributed by atoms with Crippen LogP contribution in [0.2, 0.25) is 0 Å². The zero-order valence-electron chi connectivity index (χ0n) is 10.3. The van der Waals surface area contributed by atoms with Crippen LogP contribution < -0.4 is 0 Å². The zero-order valence-corrected chi connectivity index (χ0v) is 11.1. The maximum absolute atomic E-state index is 12.0. The Bertz CT molecular complexity index is 686. The van der Waals surface area contributed by atoms with E-state index in [4.69, 9.17) is 5.11 Å². The first-order valence-corrected chi connectivity index (χ1v) is 7.33. The molecule has 2 aromatic rings. The van der Waals surface area contributed by atoms with E-state index in [1.54, 1.807) is 13.0 Å². The molecule has 0 aromatic carbocycles. The van der Waals surface area contributed by atoms with E-state index in [0.717, 1.165) is 0 Å². The van der Waals surface area contributed by atoms with Crippen molar-refractivity contribution >= 4 is 9.84 Å². The Morgan fingerprint density at radius 1 is 1.26 bits per heavy atom. The fourth-order valence-electron chi connectivity index (χ4n) is 1.60. The van der Waals surface area contributed by atoms with Crippen LogP contribution in [0, 0.1) is 0 Å². The van der Waals surface area contributed by atoms with Gasteiger partial charge in [-0.05, 0) is 18.2 Å². The topological polar surface area (TPSA) is 93.0 Å². The molecule has 0 fully saturated rings. The van der Waals surface area contributed by atoms with Crippen molar-refractivity contribution < 1.29 is 13.5 Å². The molecule has 100 valence electrons. The van der Waals surface area contributed by atoms with Gasteiger partial charge in [-0.1, -0.05) is 6.92 Å². The van der Waals surface area contributed by atoms with Gasteiger partial charge in [0.05, 0.1) is 28.6 Å². The van der Waals surface area contributed by atoms with Gasteiger partial charge in [-0.2, -0.15) is 0 Å².